The minimum Gasteiger partial charge on any atom is -0.449 e. The van der Waals surface area contributed by atoms with Crippen LogP contribution in [0.5, 0.6) is 5.88 Å². The number of carboxylic acid groups (broad SMARTS) is 1. The Morgan fingerprint density at radius 2 is 2.19 bits per heavy atom. The molecular formula is C8H11N3O5. The maximum atomic E-state index is 10.8. The zero-order valence-electron chi connectivity index (χ0n) is 9.00. The van der Waals surface area contributed by atoms with Gasteiger partial charge in [-0.25, -0.2) is 9.48 Å². The third kappa shape index (κ3) is 2.10. The highest BCUT2D eigenvalue weighted by molar-refractivity contribution is 5.63. The molecule has 1 aromatic heterocycles. The molecule has 0 saturated carbocycles. The van der Waals surface area contributed by atoms with Crippen LogP contribution < -0.4 is 4.74 Å². The van der Waals surface area contributed by atoms with Crippen molar-refractivity contribution in [1.82, 2.24) is 9.78 Å². The third-order valence-electron chi connectivity index (χ3n) is 1.91. The summed E-state index contributed by atoms with van der Waals surface area (Å²) in [5.41, 5.74) is -0.205. The average Bonchev–Trinajstić information content (AvgIpc) is 2.43. The van der Waals surface area contributed by atoms with Gasteiger partial charge in [0.25, 0.3) is 0 Å². The zero-order chi connectivity index (χ0) is 12.5. The Morgan fingerprint density at radius 1 is 1.62 bits per heavy atom. The fourth-order valence-corrected chi connectivity index (χ4v) is 1.27. The molecular weight excluding hydrogens is 218 g/mol. The second-order valence-electron chi connectivity index (χ2n) is 3.44. The van der Waals surface area contributed by atoms with Crippen molar-refractivity contribution in [2.75, 3.05) is 0 Å². The molecule has 0 aromatic carbocycles. The van der Waals surface area contributed by atoms with Crippen molar-refractivity contribution in [1.29, 1.82) is 0 Å². The Hall–Kier alpha value is -2.12. The van der Waals surface area contributed by atoms with Gasteiger partial charge in [-0.2, -0.15) is 5.10 Å². The molecule has 8 heteroatoms. The summed E-state index contributed by atoms with van der Waals surface area (Å²) in [7, 11) is 1.39. The van der Waals surface area contributed by atoms with Crippen molar-refractivity contribution in [3.05, 3.63) is 15.8 Å². The van der Waals surface area contributed by atoms with E-state index in [2.05, 4.69) is 9.84 Å². The number of aryl methyl sites for hydroxylation is 1. The van der Waals surface area contributed by atoms with E-state index in [9.17, 15) is 14.9 Å². The Morgan fingerprint density at radius 3 is 2.56 bits per heavy atom. The van der Waals surface area contributed by atoms with Gasteiger partial charge in [0, 0.05) is 13.0 Å². The number of ether oxygens (including phenoxy) is 1. The van der Waals surface area contributed by atoms with Gasteiger partial charge < -0.3 is 9.84 Å². The van der Waals surface area contributed by atoms with Crippen LogP contribution in [0.1, 0.15) is 25.5 Å². The topological polar surface area (TPSA) is 107 Å². The first-order valence-corrected chi connectivity index (χ1v) is 4.46. The molecule has 0 atom stereocenters. The molecule has 0 amide bonds. The first-order valence-electron chi connectivity index (χ1n) is 4.46. The van der Waals surface area contributed by atoms with Crippen LogP contribution in [0.2, 0.25) is 0 Å². The molecule has 0 bridgehead atoms. The monoisotopic (exact) mass is 229 g/mol. The molecule has 1 heterocycles. The van der Waals surface area contributed by atoms with E-state index < -0.39 is 16.8 Å². The molecule has 0 fully saturated rings. The Bertz CT molecular complexity index is 437. The summed E-state index contributed by atoms with van der Waals surface area (Å²) in [6.45, 7) is 3.44. The first kappa shape index (κ1) is 12.0. The van der Waals surface area contributed by atoms with Crippen molar-refractivity contribution in [3.8, 4) is 5.88 Å². The Labute approximate surface area is 90.6 Å². The van der Waals surface area contributed by atoms with Crippen LogP contribution in [0.25, 0.3) is 0 Å². The summed E-state index contributed by atoms with van der Waals surface area (Å²) in [4.78, 5) is 20.5. The molecule has 0 aliphatic carbocycles. The highest BCUT2D eigenvalue weighted by Gasteiger charge is 2.31. The Balaban J connectivity index is 3.35. The summed E-state index contributed by atoms with van der Waals surface area (Å²) < 4.78 is 5.39. The lowest BCUT2D eigenvalue weighted by Gasteiger charge is -1.99. The van der Waals surface area contributed by atoms with Crippen LogP contribution in [-0.4, -0.2) is 26.0 Å². The summed E-state index contributed by atoms with van der Waals surface area (Å²) in [5, 5.41) is 23.2. The van der Waals surface area contributed by atoms with Crippen LogP contribution >= 0.6 is 0 Å². The number of aromatic nitrogens is 2. The van der Waals surface area contributed by atoms with E-state index in [0.717, 1.165) is 4.68 Å². The van der Waals surface area contributed by atoms with Gasteiger partial charge in [0.05, 0.1) is 4.92 Å². The molecule has 1 N–H and O–H groups in total. The SMILES string of the molecule is CC(C)c1nn(C)c(OC(=O)O)c1[N+](=O)[O-]. The van der Waals surface area contributed by atoms with Crippen LogP contribution in [-0.2, 0) is 7.05 Å². The second kappa shape index (κ2) is 4.17. The fourth-order valence-electron chi connectivity index (χ4n) is 1.27. The molecule has 1 rings (SSSR count). The van der Waals surface area contributed by atoms with Gasteiger partial charge in [0.2, 0.25) is 0 Å². The molecule has 0 aliphatic heterocycles. The van der Waals surface area contributed by atoms with Gasteiger partial charge in [0.1, 0.15) is 5.69 Å². The van der Waals surface area contributed by atoms with E-state index in [4.69, 9.17) is 5.11 Å². The normalized spacial score (nSPS) is 10.5. The summed E-state index contributed by atoms with van der Waals surface area (Å²) in [6.07, 6.45) is -1.61. The smallest absolute Gasteiger partial charge is 0.449 e. The number of hydrogen-bond acceptors (Lipinski definition) is 5. The van der Waals surface area contributed by atoms with Gasteiger partial charge in [-0.05, 0) is 0 Å². The minimum atomic E-state index is -1.61. The number of nitro groups is 1. The Kier molecular flexibility index (Phi) is 3.11. The van der Waals surface area contributed by atoms with E-state index >= 15 is 0 Å². The lowest BCUT2D eigenvalue weighted by Crippen LogP contribution is -2.08. The zero-order valence-corrected chi connectivity index (χ0v) is 9.00. The van der Waals surface area contributed by atoms with E-state index in [0.29, 0.717) is 0 Å². The van der Waals surface area contributed by atoms with Crippen LogP contribution in [0.3, 0.4) is 0 Å². The molecule has 0 radical (unpaired) electrons. The highest BCUT2D eigenvalue weighted by Crippen LogP contribution is 2.34. The van der Waals surface area contributed by atoms with E-state index in [-0.39, 0.29) is 17.5 Å². The van der Waals surface area contributed by atoms with Crippen LogP contribution in [0, 0.1) is 10.1 Å². The number of hydrogen-bond donors (Lipinski definition) is 1. The average molecular weight is 229 g/mol. The third-order valence-corrected chi connectivity index (χ3v) is 1.91. The van der Waals surface area contributed by atoms with Crippen molar-refractivity contribution in [3.63, 3.8) is 0 Å². The van der Waals surface area contributed by atoms with Crippen molar-refractivity contribution >= 4 is 11.8 Å². The quantitative estimate of drug-likeness (QED) is 0.478. The van der Waals surface area contributed by atoms with Gasteiger partial charge in [-0.1, -0.05) is 13.8 Å². The molecule has 16 heavy (non-hydrogen) atoms. The molecule has 88 valence electrons. The standard InChI is InChI=1S/C8H11N3O5/c1-4(2)5-6(11(14)15)7(10(3)9-5)16-8(12)13/h4H,1-3H3,(H,12,13). The highest BCUT2D eigenvalue weighted by atomic mass is 16.7. The largest absolute Gasteiger partial charge is 0.512 e. The van der Waals surface area contributed by atoms with Crippen molar-refractivity contribution in [2.45, 2.75) is 19.8 Å². The first-order chi connectivity index (χ1) is 7.34. The summed E-state index contributed by atoms with van der Waals surface area (Å²) >= 11 is 0. The lowest BCUT2D eigenvalue weighted by molar-refractivity contribution is -0.386. The molecule has 0 unspecified atom stereocenters. The second-order valence-corrected chi connectivity index (χ2v) is 3.44. The van der Waals surface area contributed by atoms with Crippen molar-refractivity contribution < 1.29 is 19.6 Å². The maximum absolute atomic E-state index is 10.8. The van der Waals surface area contributed by atoms with Gasteiger partial charge in [0.15, 0.2) is 0 Å². The van der Waals surface area contributed by atoms with E-state index in [1.807, 2.05) is 0 Å². The van der Waals surface area contributed by atoms with Gasteiger partial charge in [-0.15, -0.1) is 0 Å². The summed E-state index contributed by atoms with van der Waals surface area (Å²) in [5.74, 6) is -0.570. The molecule has 0 spiro atoms. The van der Waals surface area contributed by atoms with E-state index in [1.54, 1.807) is 13.8 Å². The van der Waals surface area contributed by atoms with Crippen LogP contribution in [0.4, 0.5) is 10.5 Å². The molecule has 8 nitrogen and oxygen atoms in total. The minimum absolute atomic E-state index is 0.197. The number of rotatable bonds is 3. The number of nitrogens with zero attached hydrogens (tertiary/aromatic N) is 3. The lowest BCUT2D eigenvalue weighted by atomic mass is 10.1. The number of carbonyl (C=O) groups is 1. The molecule has 0 aliphatic rings. The predicted molar refractivity (Wildman–Crippen MR) is 52.6 cm³/mol. The fraction of sp³-hybridized carbons (Fsp3) is 0.500. The maximum Gasteiger partial charge on any atom is 0.512 e. The molecule has 1 aromatic rings. The predicted octanol–water partition coefficient (Wildman–Crippen LogP) is 1.51. The van der Waals surface area contributed by atoms with Gasteiger partial charge in [-0.3, -0.25) is 10.1 Å². The van der Waals surface area contributed by atoms with Gasteiger partial charge >= 0.3 is 17.7 Å². The van der Waals surface area contributed by atoms with E-state index in [1.165, 1.54) is 7.05 Å². The van der Waals surface area contributed by atoms with Crippen molar-refractivity contribution in [2.24, 2.45) is 7.05 Å². The summed E-state index contributed by atoms with van der Waals surface area (Å²) in [6, 6.07) is 0. The van der Waals surface area contributed by atoms with Crippen LogP contribution in [0.15, 0.2) is 0 Å². The molecule has 0 saturated heterocycles.